The number of rotatable bonds is 3. The van der Waals surface area contributed by atoms with E-state index in [2.05, 4.69) is 36.1 Å². The Morgan fingerprint density at radius 3 is 2.88 bits per heavy atom. The molecule has 0 aliphatic heterocycles. The third kappa shape index (κ3) is 3.05. The van der Waals surface area contributed by atoms with Gasteiger partial charge in [-0.3, -0.25) is 0 Å². The van der Waals surface area contributed by atoms with Gasteiger partial charge in [0.15, 0.2) is 0 Å². The van der Waals surface area contributed by atoms with Crippen LogP contribution >= 0.6 is 0 Å². The van der Waals surface area contributed by atoms with E-state index in [-0.39, 0.29) is 5.54 Å². The van der Waals surface area contributed by atoms with Crippen molar-refractivity contribution in [3.8, 4) is 0 Å². The van der Waals surface area contributed by atoms with Crippen molar-refractivity contribution in [3.05, 3.63) is 30.1 Å². The van der Waals surface area contributed by atoms with Crippen molar-refractivity contribution in [3.63, 3.8) is 0 Å². The summed E-state index contributed by atoms with van der Waals surface area (Å²) < 4.78 is 0. The molecule has 4 nitrogen and oxygen atoms in total. The molecular formula is C13H19N3O. The predicted octanol–water partition coefficient (Wildman–Crippen LogP) is 1.98. The van der Waals surface area contributed by atoms with Crippen LogP contribution in [0.15, 0.2) is 24.5 Å². The Hall–Kier alpha value is -1.39. The molecule has 0 saturated carbocycles. The second kappa shape index (κ2) is 4.47. The molecule has 0 radical (unpaired) electrons. The molecule has 2 rings (SSSR count). The van der Waals surface area contributed by atoms with Crippen LogP contribution in [0.3, 0.4) is 0 Å². The van der Waals surface area contributed by atoms with Crippen molar-refractivity contribution in [1.82, 2.24) is 15.3 Å². The normalized spacial score (nSPS) is 14.1. The van der Waals surface area contributed by atoms with Crippen LogP contribution in [-0.4, -0.2) is 27.2 Å². The summed E-state index contributed by atoms with van der Waals surface area (Å²) in [5, 5.41) is 13.4. The van der Waals surface area contributed by atoms with Gasteiger partial charge < -0.3 is 15.4 Å². The summed E-state index contributed by atoms with van der Waals surface area (Å²) in [6, 6.07) is 5.77. The van der Waals surface area contributed by atoms with Gasteiger partial charge in [-0.2, -0.15) is 0 Å². The topological polar surface area (TPSA) is 60.9 Å². The minimum atomic E-state index is -0.498. The maximum absolute atomic E-state index is 10.1. The zero-order valence-corrected chi connectivity index (χ0v) is 10.5. The van der Waals surface area contributed by atoms with E-state index in [0.29, 0.717) is 6.54 Å². The summed E-state index contributed by atoms with van der Waals surface area (Å²) in [4.78, 5) is 7.20. The second-order valence-corrected chi connectivity index (χ2v) is 5.33. The fraction of sp³-hybridized carbons (Fsp3) is 0.462. The molecule has 3 N–H and O–H groups in total. The molecule has 0 saturated heterocycles. The van der Waals surface area contributed by atoms with Crippen molar-refractivity contribution in [2.45, 2.75) is 32.4 Å². The van der Waals surface area contributed by atoms with E-state index in [9.17, 15) is 5.11 Å². The van der Waals surface area contributed by atoms with E-state index in [1.54, 1.807) is 6.33 Å². The Labute approximate surface area is 101 Å². The number of aromatic nitrogens is 2. The minimum Gasteiger partial charge on any atom is -0.387 e. The molecule has 4 heteroatoms. The third-order valence-corrected chi connectivity index (χ3v) is 2.65. The van der Waals surface area contributed by atoms with Gasteiger partial charge in [0.2, 0.25) is 0 Å². The summed E-state index contributed by atoms with van der Waals surface area (Å²) in [5.74, 6) is 0. The number of imidazole rings is 1. The lowest BCUT2D eigenvalue weighted by atomic mass is 10.1. The van der Waals surface area contributed by atoms with Crippen molar-refractivity contribution in [2.75, 3.05) is 6.54 Å². The zero-order chi connectivity index (χ0) is 12.5. The predicted molar refractivity (Wildman–Crippen MR) is 68.8 cm³/mol. The number of benzene rings is 1. The van der Waals surface area contributed by atoms with Crippen LogP contribution in [0.4, 0.5) is 0 Å². The maximum atomic E-state index is 10.1. The van der Waals surface area contributed by atoms with Crippen molar-refractivity contribution < 1.29 is 5.11 Å². The number of aliphatic hydroxyl groups excluding tert-OH is 1. The molecule has 2 aromatic rings. The number of aliphatic hydroxyl groups is 1. The molecule has 17 heavy (non-hydrogen) atoms. The molecular weight excluding hydrogens is 214 g/mol. The largest absolute Gasteiger partial charge is 0.387 e. The molecule has 0 fully saturated rings. The van der Waals surface area contributed by atoms with Crippen LogP contribution < -0.4 is 5.32 Å². The summed E-state index contributed by atoms with van der Waals surface area (Å²) in [6.45, 7) is 6.79. The standard InChI is InChI=1S/C13H19N3O/c1-13(2,3)16-7-12(17)9-4-5-10-11(6-9)15-8-14-10/h4-6,8,12,16-17H,7H2,1-3H3,(H,14,15)/t12-/m0/s1. The fourth-order valence-corrected chi connectivity index (χ4v) is 1.68. The molecule has 0 amide bonds. The fourth-order valence-electron chi connectivity index (χ4n) is 1.68. The highest BCUT2D eigenvalue weighted by atomic mass is 16.3. The van der Waals surface area contributed by atoms with Crippen LogP contribution in [0.25, 0.3) is 11.0 Å². The molecule has 0 aliphatic carbocycles. The van der Waals surface area contributed by atoms with Gasteiger partial charge >= 0.3 is 0 Å². The molecule has 0 spiro atoms. The molecule has 1 atom stereocenters. The van der Waals surface area contributed by atoms with Crippen molar-refractivity contribution in [1.29, 1.82) is 0 Å². The van der Waals surface area contributed by atoms with Gasteiger partial charge in [-0.1, -0.05) is 6.07 Å². The van der Waals surface area contributed by atoms with Gasteiger partial charge in [-0.05, 0) is 38.5 Å². The number of fused-ring (bicyclic) bond motifs is 1. The molecule has 1 aromatic heterocycles. The quantitative estimate of drug-likeness (QED) is 0.759. The minimum absolute atomic E-state index is 0.0130. The van der Waals surface area contributed by atoms with Crippen LogP contribution in [0.2, 0.25) is 0 Å². The van der Waals surface area contributed by atoms with Crippen molar-refractivity contribution >= 4 is 11.0 Å². The number of hydrogen-bond donors (Lipinski definition) is 3. The monoisotopic (exact) mass is 233 g/mol. The average molecular weight is 233 g/mol. The number of β-amino-alcohol motifs (C(OH)–C–C–N with tert-alkyl or cyclic N) is 1. The van der Waals surface area contributed by atoms with Crippen LogP contribution in [0, 0.1) is 0 Å². The Kier molecular flexibility index (Phi) is 3.17. The van der Waals surface area contributed by atoms with Gasteiger partial charge in [-0.25, -0.2) is 4.98 Å². The van der Waals surface area contributed by atoms with E-state index >= 15 is 0 Å². The summed E-state index contributed by atoms with van der Waals surface area (Å²) in [6.07, 6.45) is 1.16. The van der Waals surface area contributed by atoms with E-state index in [1.165, 1.54) is 0 Å². The average Bonchev–Trinajstić information content (AvgIpc) is 2.71. The Bertz CT molecular complexity index is 499. The first-order chi connectivity index (χ1) is 7.96. The summed E-state index contributed by atoms with van der Waals surface area (Å²) >= 11 is 0. The summed E-state index contributed by atoms with van der Waals surface area (Å²) in [5.41, 5.74) is 2.79. The number of nitrogens with one attached hydrogen (secondary N) is 2. The Morgan fingerprint density at radius 2 is 2.18 bits per heavy atom. The van der Waals surface area contributed by atoms with Gasteiger partial charge in [0.05, 0.1) is 23.5 Å². The number of nitrogens with zero attached hydrogens (tertiary/aromatic N) is 1. The Balaban J connectivity index is 2.10. The lowest BCUT2D eigenvalue weighted by Gasteiger charge is -2.23. The lowest BCUT2D eigenvalue weighted by molar-refractivity contribution is 0.163. The van der Waals surface area contributed by atoms with E-state index in [1.807, 2.05) is 18.2 Å². The number of aromatic amines is 1. The van der Waals surface area contributed by atoms with Gasteiger partial charge in [-0.15, -0.1) is 0 Å². The molecule has 92 valence electrons. The smallest absolute Gasteiger partial charge is 0.0931 e. The highest BCUT2D eigenvalue weighted by Crippen LogP contribution is 2.18. The van der Waals surface area contributed by atoms with Crippen LogP contribution in [-0.2, 0) is 0 Å². The van der Waals surface area contributed by atoms with Gasteiger partial charge in [0.25, 0.3) is 0 Å². The highest BCUT2D eigenvalue weighted by molar-refractivity contribution is 5.75. The number of hydrogen-bond acceptors (Lipinski definition) is 3. The second-order valence-electron chi connectivity index (χ2n) is 5.33. The van der Waals surface area contributed by atoms with E-state index in [0.717, 1.165) is 16.6 Å². The third-order valence-electron chi connectivity index (χ3n) is 2.65. The molecule has 1 aromatic carbocycles. The number of H-pyrrole nitrogens is 1. The van der Waals surface area contributed by atoms with Gasteiger partial charge in [0.1, 0.15) is 0 Å². The molecule has 0 bridgehead atoms. The van der Waals surface area contributed by atoms with Gasteiger partial charge in [0, 0.05) is 12.1 Å². The van der Waals surface area contributed by atoms with Crippen LogP contribution in [0.5, 0.6) is 0 Å². The molecule has 0 unspecified atom stereocenters. The first-order valence-corrected chi connectivity index (χ1v) is 5.82. The molecule has 0 aliphatic rings. The highest BCUT2D eigenvalue weighted by Gasteiger charge is 2.14. The molecule has 1 heterocycles. The Morgan fingerprint density at radius 1 is 1.41 bits per heavy atom. The van der Waals surface area contributed by atoms with E-state index in [4.69, 9.17) is 0 Å². The first-order valence-electron chi connectivity index (χ1n) is 5.82. The maximum Gasteiger partial charge on any atom is 0.0931 e. The first kappa shape index (κ1) is 12.1. The SMILES string of the molecule is CC(C)(C)NC[C@H](O)c1ccc2nc[nH]c2c1. The van der Waals surface area contributed by atoms with Crippen molar-refractivity contribution in [2.24, 2.45) is 0 Å². The lowest BCUT2D eigenvalue weighted by Crippen LogP contribution is -2.38. The van der Waals surface area contributed by atoms with E-state index < -0.39 is 6.10 Å². The van der Waals surface area contributed by atoms with Crippen LogP contribution in [0.1, 0.15) is 32.4 Å². The summed E-state index contributed by atoms with van der Waals surface area (Å²) in [7, 11) is 0. The zero-order valence-electron chi connectivity index (χ0n) is 10.5.